The highest BCUT2D eigenvalue weighted by atomic mass is 35.5. The van der Waals surface area contributed by atoms with Gasteiger partial charge in [0.25, 0.3) is 0 Å². The fourth-order valence-corrected chi connectivity index (χ4v) is 3.13. The number of benzene rings is 2. The zero-order chi connectivity index (χ0) is 18.0. The summed E-state index contributed by atoms with van der Waals surface area (Å²) in [6.45, 7) is 1.72. The van der Waals surface area contributed by atoms with Crippen molar-refractivity contribution in [3.8, 4) is 16.9 Å². The molecule has 3 rings (SSSR count). The minimum absolute atomic E-state index is 0.0683. The highest BCUT2D eigenvalue weighted by Gasteiger charge is 2.20. The van der Waals surface area contributed by atoms with Crippen molar-refractivity contribution in [1.29, 1.82) is 0 Å². The molecule has 1 heterocycles. The first-order valence-corrected chi connectivity index (χ1v) is 8.25. The SMILES string of the molecule is CC(Oc1cc(-c2cc[c]cc2)cnc1N)c1c(Cl)ccc(F)c1Cl. The maximum atomic E-state index is 13.7. The molecule has 0 saturated carbocycles. The molecule has 0 aliphatic carbocycles. The normalized spacial score (nSPS) is 12.0. The molecule has 25 heavy (non-hydrogen) atoms. The van der Waals surface area contributed by atoms with Crippen LogP contribution in [0.4, 0.5) is 10.2 Å². The minimum Gasteiger partial charge on any atom is -0.482 e. The summed E-state index contributed by atoms with van der Waals surface area (Å²) < 4.78 is 19.6. The topological polar surface area (TPSA) is 48.1 Å². The summed E-state index contributed by atoms with van der Waals surface area (Å²) in [5.74, 6) is 0.0351. The van der Waals surface area contributed by atoms with Crippen LogP contribution in [0.2, 0.25) is 10.0 Å². The van der Waals surface area contributed by atoms with Crippen molar-refractivity contribution in [2.75, 3.05) is 5.73 Å². The van der Waals surface area contributed by atoms with Crippen LogP contribution in [-0.4, -0.2) is 4.98 Å². The molecule has 1 radical (unpaired) electrons. The van der Waals surface area contributed by atoms with E-state index in [2.05, 4.69) is 11.1 Å². The molecule has 3 nitrogen and oxygen atoms in total. The van der Waals surface area contributed by atoms with E-state index in [4.69, 9.17) is 33.7 Å². The third-order valence-corrected chi connectivity index (χ3v) is 4.44. The molecule has 0 spiro atoms. The summed E-state index contributed by atoms with van der Waals surface area (Å²) in [4.78, 5) is 4.17. The van der Waals surface area contributed by atoms with Gasteiger partial charge >= 0.3 is 0 Å². The van der Waals surface area contributed by atoms with E-state index >= 15 is 0 Å². The van der Waals surface area contributed by atoms with Gasteiger partial charge in [-0.15, -0.1) is 0 Å². The number of anilines is 1. The van der Waals surface area contributed by atoms with Crippen LogP contribution < -0.4 is 10.5 Å². The summed E-state index contributed by atoms with van der Waals surface area (Å²) >= 11 is 12.2. The Labute approximate surface area is 155 Å². The van der Waals surface area contributed by atoms with E-state index in [9.17, 15) is 4.39 Å². The molecule has 0 aliphatic rings. The molecular formula is C19H14Cl2FN2O. The monoisotopic (exact) mass is 375 g/mol. The Morgan fingerprint density at radius 2 is 1.88 bits per heavy atom. The molecule has 3 aromatic rings. The first-order chi connectivity index (χ1) is 12.0. The van der Waals surface area contributed by atoms with Crippen molar-refractivity contribution in [2.45, 2.75) is 13.0 Å². The Kier molecular flexibility index (Phi) is 5.11. The van der Waals surface area contributed by atoms with Crippen molar-refractivity contribution in [2.24, 2.45) is 0 Å². The van der Waals surface area contributed by atoms with Crippen LogP contribution >= 0.6 is 23.2 Å². The summed E-state index contributed by atoms with van der Waals surface area (Å²) in [5.41, 5.74) is 8.07. The Morgan fingerprint density at radius 1 is 1.16 bits per heavy atom. The Hall–Kier alpha value is -2.30. The van der Waals surface area contributed by atoms with Crippen LogP contribution in [0.3, 0.4) is 0 Å². The van der Waals surface area contributed by atoms with Crippen LogP contribution in [0.1, 0.15) is 18.6 Å². The molecule has 0 saturated heterocycles. The van der Waals surface area contributed by atoms with E-state index in [1.54, 1.807) is 31.3 Å². The summed E-state index contributed by atoms with van der Waals surface area (Å²) in [6, 6.07) is 14.8. The standard InChI is InChI=1S/C19H14Cl2FN2O/c1-11(17-14(20)7-8-15(22)18(17)21)25-16-9-13(10-24-19(16)23)12-5-3-2-4-6-12/h3-11H,1H3,(H2,23,24). The van der Waals surface area contributed by atoms with E-state index in [0.29, 0.717) is 16.3 Å². The number of nitrogens with two attached hydrogens (primary N) is 1. The lowest BCUT2D eigenvalue weighted by atomic mass is 10.1. The maximum Gasteiger partial charge on any atom is 0.166 e. The molecule has 0 amide bonds. The fraction of sp³-hybridized carbons (Fsp3) is 0.105. The number of nitrogens with zero attached hydrogens (tertiary/aromatic N) is 1. The van der Waals surface area contributed by atoms with Gasteiger partial charge in [0.05, 0.1) is 5.02 Å². The fourth-order valence-electron chi connectivity index (χ4n) is 2.45. The number of halogens is 3. The van der Waals surface area contributed by atoms with Crippen LogP contribution in [0, 0.1) is 11.9 Å². The van der Waals surface area contributed by atoms with Gasteiger partial charge in [0.1, 0.15) is 11.9 Å². The number of pyridine rings is 1. The summed E-state index contributed by atoms with van der Waals surface area (Å²) in [5, 5.41) is 0.251. The minimum atomic E-state index is -0.612. The average Bonchev–Trinajstić information content (AvgIpc) is 2.61. The molecule has 1 atom stereocenters. The maximum absolute atomic E-state index is 13.7. The van der Waals surface area contributed by atoms with Crippen LogP contribution in [0.5, 0.6) is 5.75 Å². The molecule has 6 heteroatoms. The van der Waals surface area contributed by atoms with Gasteiger partial charge in [-0.05, 0) is 36.8 Å². The van der Waals surface area contributed by atoms with Crippen molar-refractivity contribution < 1.29 is 9.13 Å². The predicted molar refractivity (Wildman–Crippen MR) is 98.4 cm³/mol. The molecule has 1 unspecified atom stereocenters. The van der Waals surface area contributed by atoms with E-state index < -0.39 is 11.9 Å². The van der Waals surface area contributed by atoms with Gasteiger partial charge in [-0.1, -0.05) is 47.5 Å². The molecule has 2 N–H and O–H groups in total. The first kappa shape index (κ1) is 17.5. The van der Waals surface area contributed by atoms with E-state index in [0.717, 1.165) is 11.1 Å². The van der Waals surface area contributed by atoms with Crippen LogP contribution in [0.25, 0.3) is 11.1 Å². The molecule has 2 aromatic carbocycles. The number of ether oxygens (including phenoxy) is 1. The molecular weight excluding hydrogens is 362 g/mol. The highest BCUT2D eigenvalue weighted by molar-refractivity contribution is 6.36. The molecule has 127 valence electrons. The number of aromatic nitrogens is 1. The summed E-state index contributed by atoms with van der Waals surface area (Å²) in [6.07, 6.45) is 1.05. The van der Waals surface area contributed by atoms with Gasteiger partial charge in [-0.2, -0.15) is 0 Å². The van der Waals surface area contributed by atoms with E-state index in [-0.39, 0.29) is 10.8 Å². The second kappa shape index (κ2) is 7.30. The Bertz CT molecular complexity index is 903. The second-order valence-electron chi connectivity index (χ2n) is 5.41. The van der Waals surface area contributed by atoms with Crippen LogP contribution in [0.15, 0.2) is 48.7 Å². The second-order valence-corrected chi connectivity index (χ2v) is 6.20. The lowest BCUT2D eigenvalue weighted by molar-refractivity contribution is 0.227. The smallest absolute Gasteiger partial charge is 0.166 e. The van der Waals surface area contributed by atoms with Gasteiger partial charge in [-0.3, -0.25) is 0 Å². The van der Waals surface area contributed by atoms with Gasteiger partial charge < -0.3 is 10.5 Å². The zero-order valence-electron chi connectivity index (χ0n) is 13.3. The third kappa shape index (κ3) is 3.70. The lowest BCUT2D eigenvalue weighted by Crippen LogP contribution is -2.08. The largest absolute Gasteiger partial charge is 0.482 e. The van der Waals surface area contributed by atoms with Gasteiger partial charge in [0.2, 0.25) is 0 Å². The molecule has 0 aliphatic heterocycles. The zero-order valence-corrected chi connectivity index (χ0v) is 14.8. The van der Waals surface area contributed by atoms with Gasteiger partial charge in [0.15, 0.2) is 11.6 Å². The van der Waals surface area contributed by atoms with Gasteiger partial charge in [-0.25, -0.2) is 9.37 Å². The third-order valence-electron chi connectivity index (χ3n) is 3.72. The van der Waals surface area contributed by atoms with Crippen LogP contribution in [-0.2, 0) is 0 Å². The number of hydrogen-bond acceptors (Lipinski definition) is 3. The Morgan fingerprint density at radius 3 is 2.60 bits per heavy atom. The molecule has 1 aromatic heterocycles. The van der Waals surface area contributed by atoms with Crippen molar-refractivity contribution in [3.63, 3.8) is 0 Å². The van der Waals surface area contributed by atoms with Crippen molar-refractivity contribution in [3.05, 3.63) is 76.2 Å². The van der Waals surface area contributed by atoms with E-state index in [1.807, 2.05) is 12.1 Å². The van der Waals surface area contributed by atoms with Crippen molar-refractivity contribution in [1.82, 2.24) is 4.98 Å². The molecule has 0 fully saturated rings. The van der Waals surface area contributed by atoms with Crippen molar-refractivity contribution >= 4 is 29.0 Å². The first-order valence-electron chi connectivity index (χ1n) is 7.49. The average molecular weight is 376 g/mol. The summed E-state index contributed by atoms with van der Waals surface area (Å²) in [7, 11) is 0. The Balaban J connectivity index is 1.94. The van der Waals surface area contributed by atoms with E-state index in [1.165, 1.54) is 12.1 Å². The van der Waals surface area contributed by atoms with Gasteiger partial charge in [0, 0.05) is 22.3 Å². The lowest BCUT2D eigenvalue weighted by Gasteiger charge is -2.19. The molecule has 0 bridgehead atoms. The predicted octanol–water partition coefficient (Wildman–Crippen LogP) is 5.72. The number of nitrogen functional groups attached to an aromatic ring is 1. The number of rotatable bonds is 4. The number of hydrogen-bond donors (Lipinski definition) is 1. The highest BCUT2D eigenvalue weighted by Crippen LogP contribution is 2.36. The quantitative estimate of drug-likeness (QED) is 0.593.